The lowest BCUT2D eigenvalue weighted by Crippen LogP contribution is -2.61. The molecule has 0 spiro atoms. The Bertz CT molecular complexity index is 1270. The molecule has 2 heterocycles. The normalized spacial score (nSPS) is 26.1. The van der Waals surface area contributed by atoms with Crippen molar-refractivity contribution in [1.82, 2.24) is 0 Å². The van der Waals surface area contributed by atoms with Crippen molar-refractivity contribution in [3.8, 4) is 0 Å². The molecule has 2 fully saturated rings. The summed E-state index contributed by atoms with van der Waals surface area (Å²) in [5, 5.41) is 72.1. The average Bonchev–Trinajstić information content (AvgIpc) is 3.32. The number of hydrogen-bond acceptors (Lipinski definition) is 15. The number of allylic oxidation sites excluding steroid dienone is 4. The molecular weight excluding hydrogens is 865 g/mol. The molecule has 0 aliphatic carbocycles. The summed E-state index contributed by atoms with van der Waals surface area (Å²) in [6.07, 6.45) is 23.5. The van der Waals surface area contributed by atoms with Crippen LogP contribution in [0.5, 0.6) is 0 Å². The highest BCUT2D eigenvalue weighted by Gasteiger charge is 2.47. The highest BCUT2D eigenvalue weighted by atomic mass is 16.7. The molecule has 2 aliphatic heterocycles. The van der Waals surface area contributed by atoms with E-state index in [9.17, 15) is 45.3 Å². The van der Waals surface area contributed by atoms with Crippen molar-refractivity contribution in [3.05, 3.63) is 24.3 Å². The van der Waals surface area contributed by atoms with E-state index < -0.39 is 99.3 Å². The van der Waals surface area contributed by atoms with Gasteiger partial charge in [-0.3, -0.25) is 9.59 Å². The van der Waals surface area contributed by atoms with Gasteiger partial charge in [0.1, 0.15) is 55.4 Å². The van der Waals surface area contributed by atoms with Gasteiger partial charge in [-0.2, -0.15) is 0 Å². The van der Waals surface area contributed by atoms with Crippen LogP contribution >= 0.6 is 0 Å². The summed E-state index contributed by atoms with van der Waals surface area (Å²) in [5.41, 5.74) is 0. The smallest absolute Gasteiger partial charge is 0.306 e. The molecule has 392 valence electrons. The summed E-state index contributed by atoms with van der Waals surface area (Å²) < 4.78 is 33.6. The fourth-order valence-corrected chi connectivity index (χ4v) is 8.31. The summed E-state index contributed by atoms with van der Waals surface area (Å²) in [5.74, 6) is -0.955. The largest absolute Gasteiger partial charge is 0.462 e. The highest BCUT2D eigenvalue weighted by molar-refractivity contribution is 5.70. The van der Waals surface area contributed by atoms with Crippen LogP contribution in [0.4, 0.5) is 0 Å². The summed E-state index contributed by atoms with van der Waals surface area (Å²) in [6, 6.07) is 0. The van der Waals surface area contributed by atoms with Crippen LogP contribution in [0.15, 0.2) is 24.3 Å². The van der Waals surface area contributed by atoms with Crippen molar-refractivity contribution in [2.24, 2.45) is 0 Å². The topological polar surface area (TPSA) is 231 Å². The van der Waals surface area contributed by atoms with Crippen LogP contribution in [0.1, 0.15) is 200 Å². The number of aliphatic hydroxyl groups is 7. The summed E-state index contributed by atoms with van der Waals surface area (Å²) in [6.45, 7) is 2.57. The van der Waals surface area contributed by atoms with Gasteiger partial charge >= 0.3 is 11.9 Å². The molecular formula is C52H94O15. The molecule has 0 bridgehead atoms. The van der Waals surface area contributed by atoms with Gasteiger partial charge in [-0.1, -0.05) is 167 Å². The Labute approximate surface area is 403 Å². The third kappa shape index (κ3) is 27.8. The molecule has 15 heteroatoms. The predicted octanol–water partition coefficient (Wildman–Crippen LogP) is 7.55. The van der Waals surface area contributed by atoms with Gasteiger partial charge in [-0.25, -0.2) is 0 Å². The number of aliphatic hydroxyl groups excluding tert-OH is 7. The number of hydrogen-bond donors (Lipinski definition) is 7. The molecule has 15 nitrogen and oxygen atoms in total. The van der Waals surface area contributed by atoms with E-state index in [1.54, 1.807) is 0 Å². The number of rotatable bonds is 41. The van der Waals surface area contributed by atoms with E-state index in [1.165, 1.54) is 116 Å². The maximum atomic E-state index is 13.0. The van der Waals surface area contributed by atoms with E-state index >= 15 is 0 Å². The van der Waals surface area contributed by atoms with Crippen molar-refractivity contribution in [3.63, 3.8) is 0 Å². The van der Waals surface area contributed by atoms with E-state index in [1.807, 2.05) is 0 Å². The number of esters is 2. The maximum absolute atomic E-state index is 13.0. The average molecular weight is 959 g/mol. The van der Waals surface area contributed by atoms with E-state index in [4.69, 9.17) is 28.4 Å². The first-order valence-electron chi connectivity index (χ1n) is 26.4. The number of ether oxygens (including phenoxy) is 6. The second-order valence-electron chi connectivity index (χ2n) is 18.7. The first-order chi connectivity index (χ1) is 32.5. The Hall–Kier alpha value is -2.02. The maximum Gasteiger partial charge on any atom is 0.306 e. The van der Waals surface area contributed by atoms with E-state index in [-0.39, 0.29) is 19.4 Å². The van der Waals surface area contributed by atoms with Crippen LogP contribution in [0, 0.1) is 0 Å². The van der Waals surface area contributed by atoms with Crippen LogP contribution in [0.3, 0.4) is 0 Å². The summed E-state index contributed by atoms with van der Waals surface area (Å²) in [7, 11) is 0. The van der Waals surface area contributed by atoms with Crippen LogP contribution in [-0.2, 0) is 38.0 Å². The molecule has 7 N–H and O–H groups in total. The van der Waals surface area contributed by atoms with Crippen LogP contribution < -0.4 is 0 Å². The van der Waals surface area contributed by atoms with Crippen LogP contribution in [0.25, 0.3) is 0 Å². The predicted molar refractivity (Wildman–Crippen MR) is 257 cm³/mol. The van der Waals surface area contributed by atoms with Crippen molar-refractivity contribution in [1.29, 1.82) is 0 Å². The van der Waals surface area contributed by atoms with E-state index in [0.717, 1.165) is 44.9 Å². The minimum absolute atomic E-state index is 0.125. The van der Waals surface area contributed by atoms with Crippen LogP contribution in [-0.4, -0.2) is 142 Å². The molecule has 4 unspecified atom stereocenters. The molecule has 0 radical (unpaired) electrons. The zero-order valence-electron chi connectivity index (χ0n) is 41.4. The molecule has 0 saturated carbocycles. The Balaban J connectivity index is 1.81. The zero-order valence-corrected chi connectivity index (χ0v) is 41.4. The molecule has 0 amide bonds. The monoisotopic (exact) mass is 959 g/mol. The second kappa shape index (κ2) is 39.7. The van der Waals surface area contributed by atoms with Crippen LogP contribution in [0.2, 0.25) is 0 Å². The second-order valence-corrected chi connectivity index (χ2v) is 18.7. The lowest BCUT2D eigenvalue weighted by molar-refractivity contribution is -0.332. The third-order valence-electron chi connectivity index (χ3n) is 12.7. The molecule has 67 heavy (non-hydrogen) atoms. The Morgan fingerprint density at radius 1 is 0.478 bits per heavy atom. The number of unbranched alkanes of at least 4 members (excludes halogenated alkanes) is 23. The van der Waals surface area contributed by atoms with Crippen molar-refractivity contribution >= 4 is 11.9 Å². The van der Waals surface area contributed by atoms with Gasteiger partial charge in [0.05, 0.1) is 19.8 Å². The van der Waals surface area contributed by atoms with E-state index in [0.29, 0.717) is 12.8 Å². The van der Waals surface area contributed by atoms with Gasteiger partial charge in [0, 0.05) is 12.8 Å². The molecule has 0 aromatic rings. The fourth-order valence-electron chi connectivity index (χ4n) is 8.31. The minimum atomic E-state index is -1.77. The minimum Gasteiger partial charge on any atom is -0.462 e. The lowest BCUT2D eigenvalue weighted by atomic mass is 9.98. The number of carbonyl (C=O) groups excluding carboxylic acids is 2. The van der Waals surface area contributed by atoms with Gasteiger partial charge in [0.25, 0.3) is 0 Å². The first kappa shape index (κ1) is 61.1. The van der Waals surface area contributed by atoms with Gasteiger partial charge < -0.3 is 64.2 Å². The Kier molecular flexibility index (Phi) is 36.2. The Morgan fingerprint density at radius 2 is 0.896 bits per heavy atom. The van der Waals surface area contributed by atoms with Gasteiger partial charge in [0.15, 0.2) is 18.7 Å². The van der Waals surface area contributed by atoms with Gasteiger partial charge in [-0.15, -0.1) is 0 Å². The highest BCUT2D eigenvalue weighted by Crippen LogP contribution is 2.26. The molecule has 11 atom stereocenters. The fraction of sp³-hybridized carbons (Fsp3) is 0.885. The van der Waals surface area contributed by atoms with E-state index in [2.05, 4.69) is 38.2 Å². The number of carbonyl (C=O) groups is 2. The van der Waals surface area contributed by atoms with Crippen molar-refractivity contribution in [2.75, 3.05) is 26.4 Å². The Morgan fingerprint density at radius 3 is 1.42 bits per heavy atom. The molecule has 2 aliphatic rings. The summed E-state index contributed by atoms with van der Waals surface area (Å²) in [4.78, 5) is 25.8. The van der Waals surface area contributed by atoms with Gasteiger partial charge in [-0.05, 0) is 44.9 Å². The SMILES string of the molecule is CCCCCCCC/C=C/C/C=C/CCCCC(=O)O[C@@H](COC(=O)CCCCCCCCCCCCCCCCCC)CO[C@@H]1O[C@H](CO[C@@H]2O[C@H](CO)[C@H](O)C(O)C2O)[C@H](O)C(O)C1O. The van der Waals surface area contributed by atoms with Gasteiger partial charge in [0.2, 0.25) is 0 Å². The molecule has 0 aromatic heterocycles. The standard InChI is InChI=1S/C52H94O15/c1-3-5-7-9-11-13-15-17-19-21-22-24-26-28-30-32-34-43(54)62-37-40(65-44(55)35-33-31-29-27-25-23-20-18-16-14-12-10-8-6-4-2)38-63-51-50(61)48(59)46(57)42(67-51)39-64-52-49(60)47(58)45(56)41(36-53)66-52/h18,20,25,27,40-42,45-53,56-61H,3-17,19,21-24,26,28-39H2,1-2H3/b20-18+,27-25+/t40-,41+,42+,45-,46-,47?,48?,49?,50?,51+,52+/m0/s1. The van der Waals surface area contributed by atoms with Crippen molar-refractivity contribution < 1.29 is 73.8 Å². The zero-order chi connectivity index (χ0) is 48.9. The molecule has 2 saturated heterocycles. The first-order valence-corrected chi connectivity index (χ1v) is 26.4. The molecule has 2 rings (SSSR count). The quantitative estimate of drug-likeness (QED) is 0.0178. The lowest BCUT2D eigenvalue weighted by Gasteiger charge is -2.42. The van der Waals surface area contributed by atoms with Crippen molar-refractivity contribution in [2.45, 2.75) is 268 Å². The third-order valence-corrected chi connectivity index (χ3v) is 12.7. The molecule has 0 aromatic carbocycles. The summed E-state index contributed by atoms with van der Waals surface area (Å²) >= 11 is 0.